The zero-order chi connectivity index (χ0) is 17.4. The summed E-state index contributed by atoms with van der Waals surface area (Å²) in [7, 11) is 0. The second-order valence-electron chi connectivity index (χ2n) is 6.40. The average Bonchev–Trinajstić information content (AvgIpc) is 2.64. The van der Waals surface area contributed by atoms with Crippen LogP contribution in [0.15, 0.2) is 66.7 Å². The van der Waals surface area contributed by atoms with Crippen LogP contribution in [-0.2, 0) is 0 Å². The van der Waals surface area contributed by atoms with Gasteiger partial charge in [-0.05, 0) is 48.2 Å². The minimum Gasteiger partial charge on any atom is -0.238 e. The van der Waals surface area contributed by atoms with E-state index < -0.39 is 0 Å². The molecule has 4 aromatic rings. The predicted molar refractivity (Wildman–Crippen MR) is 105 cm³/mol. The summed E-state index contributed by atoms with van der Waals surface area (Å²) in [5.41, 5.74) is 6.86. The number of aryl methyl sites for hydroxylation is 2. The smallest absolute Gasteiger partial charge is 0.126 e. The third-order valence-electron chi connectivity index (χ3n) is 4.77. The minimum absolute atomic E-state index is 0.814. The average molecular weight is 324 g/mol. The fourth-order valence-corrected chi connectivity index (χ4v) is 3.41. The first-order valence-corrected chi connectivity index (χ1v) is 8.54. The summed E-state index contributed by atoms with van der Waals surface area (Å²) in [6.45, 7) is 6.11. The highest BCUT2D eigenvalue weighted by molar-refractivity contribution is 6.04. The van der Waals surface area contributed by atoms with Crippen LogP contribution in [0.2, 0.25) is 0 Å². The molecular weight excluding hydrogens is 304 g/mol. The first-order valence-electron chi connectivity index (χ1n) is 8.54. The van der Waals surface area contributed by atoms with Crippen LogP contribution in [0.25, 0.3) is 33.2 Å². The zero-order valence-electron chi connectivity index (χ0n) is 14.7. The molecule has 4 rings (SSSR count). The quantitative estimate of drug-likeness (QED) is 0.459. The van der Waals surface area contributed by atoms with E-state index in [2.05, 4.69) is 78.6 Å². The van der Waals surface area contributed by atoms with E-state index in [0.717, 1.165) is 22.8 Å². The molecule has 0 unspecified atom stereocenters. The van der Waals surface area contributed by atoms with Crippen LogP contribution in [-0.4, -0.2) is 9.97 Å². The lowest BCUT2D eigenvalue weighted by atomic mass is 9.92. The van der Waals surface area contributed by atoms with Gasteiger partial charge in [0.25, 0.3) is 0 Å². The fourth-order valence-electron chi connectivity index (χ4n) is 3.41. The van der Waals surface area contributed by atoms with Crippen LogP contribution in [0.5, 0.6) is 0 Å². The zero-order valence-corrected chi connectivity index (χ0v) is 14.7. The molecule has 0 amide bonds. The fraction of sp³-hybridized carbons (Fsp3) is 0.130. The van der Waals surface area contributed by atoms with E-state index >= 15 is 0 Å². The SMILES string of the molecule is Cc1nc(C)c(C)c(-c2ccc(-c3ccccc3)c3ccccc23)n1. The van der Waals surface area contributed by atoms with Gasteiger partial charge in [-0.25, -0.2) is 9.97 Å². The van der Waals surface area contributed by atoms with Crippen molar-refractivity contribution in [3.05, 3.63) is 83.8 Å². The normalized spacial score (nSPS) is 11.0. The monoisotopic (exact) mass is 324 g/mol. The van der Waals surface area contributed by atoms with E-state index in [1.54, 1.807) is 0 Å². The molecule has 0 spiro atoms. The number of nitrogens with zero attached hydrogens (tertiary/aromatic N) is 2. The molecule has 3 aromatic carbocycles. The van der Waals surface area contributed by atoms with Crippen molar-refractivity contribution < 1.29 is 0 Å². The summed E-state index contributed by atoms with van der Waals surface area (Å²) in [6.07, 6.45) is 0. The van der Waals surface area contributed by atoms with E-state index in [9.17, 15) is 0 Å². The highest BCUT2D eigenvalue weighted by atomic mass is 14.9. The predicted octanol–water partition coefficient (Wildman–Crippen LogP) is 5.89. The Balaban J connectivity index is 2.03. The van der Waals surface area contributed by atoms with Gasteiger partial charge in [-0.2, -0.15) is 0 Å². The number of hydrogen-bond donors (Lipinski definition) is 0. The van der Waals surface area contributed by atoms with Crippen molar-refractivity contribution in [2.45, 2.75) is 20.8 Å². The largest absolute Gasteiger partial charge is 0.238 e. The Morgan fingerprint density at radius 3 is 1.92 bits per heavy atom. The number of fused-ring (bicyclic) bond motifs is 1. The molecule has 0 saturated carbocycles. The molecule has 0 bridgehead atoms. The summed E-state index contributed by atoms with van der Waals surface area (Å²) in [4.78, 5) is 9.24. The highest BCUT2D eigenvalue weighted by Gasteiger charge is 2.13. The second kappa shape index (κ2) is 6.14. The molecule has 0 N–H and O–H groups in total. The maximum atomic E-state index is 4.75. The lowest BCUT2D eigenvalue weighted by Gasteiger charge is -2.14. The van der Waals surface area contributed by atoms with Crippen molar-refractivity contribution in [3.63, 3.8) is 0 Å². The molecule has 0 atom stereocenters. The lowest BCUT2D eigenvalue weighted by molar-refractivity contribution is 0.993. The Bertz CT molecular complexity index is 1070. The molecule has 2 heteroatoms. The molecule has 0 saturated heterocycles. The Morgan fingerprint density at radius 1 is 0.600 bits per heavy atom. The molecule has 1 aromatic heterocycles. The molecule has 25 heavy (non-hydrogen) atoms. The molecule has 122 valence electrons. The molecule has 0 aliphatic rings. The van der Waals surface area contributed by atoms with Crippen LogP contribution in [0, 0.1) is 20.8 Å². The first-order chi connectivity index (χ1) is 12.1. The maximum absolute atomic E-state index is 4.75. The van der Waals surface area contributed by atoms with Gasteiger partial charge in [0.1, 0.15) is 5.82 Å². The van der Waals surface area contributed by atoms with Crippen molar-refractivity contribution >= 4 is 10.8 Å². The summed E-state index contributed by atoms with van der Waals surface area (Å²) < 4.78 is 0. The Morgan fingerprint density at radius 2 is 1.20 bits per heavy atom. The maximum Gasteiger partial charge on any atom is 0.126 e. The van der Waals surface area contributed by atoms with Crippen molar-refractivity contribution in [2.75, 3.05) is 0 Å². The molecule has 1 heterocycles. The van der Waals surface area contributed by atoms with Crippen molar-refractivity contribution in [1.29, 1.82) is 0 Å². The van der Waals surface area contributed by atoms with Crippen molar-refractivity contribution in [2.24, 2.45) is 0 Å². The number of aromatic nitrogens is 2. The van der Waals surface area contributed by atoms with Gasteiger partial charge in [0, 0.05) is 11.3 Å². The van der Waals surface area contributed by atoms with Crippen LogP contribution in [0.3, 0.4) is 0 Å². The minimum atomic E-state index is 0.814. The Hall–Kier alpha value is -3.00. The number of rotatable bonds is 2. The van der Waals surface area contributed by atoms with Gasteiger partial charge in [-0.15, -0.1) is 0 Å². The lowest BCUT2D eigenvalue weighted by Crippen LogP contribution is -1.99. The van der Waals surface area contributed by atoms with Gasteiger partial charge in [0.15, 0.2) is 0 Å². The van der Waals surface area contributed by atoms with E-state index in [4.69, 9.17) is 4.98 Å². The van der Waals surface area contributed by atoms with E-state index in [1.165, 1.54) is 27.5 Å². The number of hydrogen-bond acceptors (Lipinski definition) is 2. The molecule has 0 fully saturated rings. The van der Waals surface area contributed by atoms with Gasteiger partial charge in [0.05, 0.1) is 5.69 Å². The van der Waals surface area contributed by atoms with E-state index in [-0.39, 0.29) is 0 Å². The van der Waals surface area contributed by atoms with Crippen molar-refractivity contribution in [3.8, 4) is 22.4 Å². The van der Waals surface area contributed by atoms with E-state index in [0.29, 0.717) is 0 Å². The molecule has 0 radical (unpaired) electrons. The van der Waals surface area contributed by atoms with Crippen LogP contribution in [0.1, 0.15) is 17.1 Å². The van der Waals surface area contributed by atoms with Crippen LogP contribution >= 0.6 is 0 Å². The van der Waals surface area contributed by atoms with Crippen LogP contribution < -0.4 is 0 Å². The topological polar surface area (TPSA) is 25.8 Å². The third kappa shape index (κ3) is 2.70. The standard InChI is InChI=1S/C23H20N2/c1-15-16(2)24-17(3)25-23(15)22-14-13-19(18-9-5-4-6-10-18)20-11-7-8-12-21(20)22/h4-14H,1-3H3. The third-order valence-corrected chi connectivity index (χ3v) is 4.77. The number of benzene rings is 3. The Labute approximate surface area is 148 Å². The second-order valence-corrected chi connectivity index (χ2v) is 6.40. The highest BCUT2D eigenvalue weighted by Crippen LogP contribution is 2.36. The van der Waals surface area contributed by atoms with Gasteiger partial charge in [-0.3, -0.25) is 0 Å². The van der Waals surface area contributed by atoms with Gasteiger partial charge < -0.3 is 0 Å². The first kappa shape index (κ1) is 15.5. The van der Waals surface area contributed by atoms with Crippen LogP contribution in [0.4, 0.5) is 0 Å². The Kier molecular flexibility index (Phi) is 3.81. The molecule has 0 aliphatic heterocycles. The van der Waals surface area contributed by atoms with E-state index in [1.807, 2.05) is 13.8 Å². The molecule has 0 aliphatic carbocycles. The summed E-state index contributed by atoms with van der Waals surface area (Å²) in [5.74, 6) is 0.814. The van der Waals surface area contributed by atoms with Gasteiger partial charge in [-0.1, -0.05) is 66.7 Å². The summed E-state index contributed by atoms with van der Waals surface area (Å²) in [5, 5.41) is 2.48. The molecular formula is C23H20N2. The van der Waals surface area contributed by atoms with Crippen molar-refractivity contribution in [1.82, 2.24) is 9.97 Å². The summed E-state index contributed by atoms with van der Waals surface area (Å²) >= 11 is 0. The van der Waals surface area contributed by atoms with Gasteiger partial charge >= 0.3 is 0 Å². The summed E-state index contributed by atoms with van der Waals surface area (Å²) in [6, 6.07) is 23.5. The molecule has 2 nitrogen and oxygen atoms in total. The van der Waals surface area contributed by atoms with Gasteiger partial charge in [0.2, 0.25) is 0 Å².